The number of imidazole rings is 1. The Labute approximate surface area is 194 Å². The number of aromatic nitrogens is 2. The molecule has 34 heavy (non-hydrogen) atoms. The number of nitrogens with zero attached hydrogens (tertiary/aromatic N) is 3. The summed E-state index contributed by atoms with van der Waals surface area (Å²) >= 11 is 1.82. The average Bonchev–Trinajstić information content (AvgIpc) is 3.35. The molecule has 2 aromatic rings. The second-order valence-corrected chi connectivity index (χ2v) is 7.93. The largest absolute Gasteiger partial charge is 0.490 e. The number of hydrogen-bond donors (Lipinski definition) is 2. The molecular formula is C19H23F6N3O5S. The van der Waals surface area contributed by atoms with Gasteiger partial charge in [0.05, 0.1) is 18.6 Å². The SMILES string of the molecule is CCOCC1CN(Cc2cccs2)Cc2ncn(C)c21.O=C(O)C(F)(F)F.O=C(O)C(F)(F)F. The van der Waals surface area contributed by atoms with Crippen LogP contribution >= 0.6 is 11.3 Å². The Morgan fingerprint density at radius 1 is 1.18 bits per heavy atom. The van der Waals surface area contributed by atoms with Gasteiger partial charge in [0.15, 0.2) is 0 Å². The number of carbonyl (C=O) groups is 2. The normalized spacial score (nSPS) is 15.9. The van der Waals surface area contributed by atoms with Crippen molar-refractivity contribution in [3.8, 4) is 0 Å². The zero-order chi connectivity index (χ0) is 26.1. The minimum Gasteiger partial charge on any atom is -0.475 e. The summed E-state index contributed by atoms with van der Waals surface area (Å²) in [7, 11) is 2.08. The number of halogens is 6. The quantitative estimate of drug-likeness (QED) is 0.578. The van der Waals surface area contributed by atoms with Gasteiger partial charge >= 0.3 is 24.3 Å². The highest BCUT2D eigenvalue weighted by Crippen LogP contribution is 2.29. The Morgan fingerprint density at radius 3 is 2.18 bits per heavy atom. The molecule has 2 N–H and O–H groups in total. The minimum absolute atomic E-state index is 0.422. The van der Waals surface area contributed by atoms with Crippen molar-refractivity contribution in [1.29, 1.82) is 0 Å². The van der Waals surface area contributed by atoms with Crippen molar-refractivity contribution >= 4 is 23.3 Å². The topological polar surface area (TPSA) is 105 Å². The van der Waals surface area contributed by atoms with Crippen LogP contribution in [0.2, 0.25) is 0 Å². The molecule has 192 valence electrons. The van der Waals surface area contributed by atoms with E-state index in [4.69, 9.17) is 24.5 Å². The fraction of sp³-hybridized carbons (Fsp3) is 0.526. The summed E-state index contributed by atoms with van der Waals surface area (Å²) in [5.74, 6) is -5.09. The smallest absolute Gasteiger partial charge is 0.475 e. The predicted octanol–water partition coefficient (Wildman–Crippen LogP) is 3.88. The number of ether oxygens (including phenoxy) is 1. The maximum Gasteiger partial charge on any atom is 0.490 e. The average molecular weight is 519 g/mol. The summed E-state index contributed by atoms with van der Waals surface area (Å²) in [6, 6.07) is 4.32. The summed E-state index contributed by atoms with van der Waals surface area (Å²) in [5.41, 5.74) is 2.56. The van der Waals surface area contributed by atoms with Crippen LogP contribution in [0, 0.1) is 0 Å². The fourth-order valence-electron chi connectivity index (χ4n) is 2.94. The van der Waals surface area contributed by atoms with Gasteiger partial charge in [-0.25, -0.2) is 14.6 Å². The van der Waals surface area contributed by atoms with Gasteiger partial charge in [0.25, 0.3) is 0 Å². The summed E-state index contributed by atoms with van der Waals surface area (Å²) in [4.78, 5) is 26.2. The first-order valence-electron chi connectivity index (χ1n) is 9.59. The van der Waals surface area contributed by atoms with Crippen molar-refractivity contribution in [2.45, 2.75) is 38.3 Å². The van der Waals surface area contributed by atoms with Crippen LogP contribution in [0.15, 0.2) is 23.8 Å². The second kappa shape index (κ2) is 12.7. The van der Waals surface area contributed by atoms with Crippen LogP contribution in [-0.4, -0.2) is 68.7 Å². The van der Waals surface area contributed by atoms with E-state index in [0.29, 0.717) is 5.92 Å². The van der Waals surface area contributed by atoms with Crippen molar-refractivity contribution in [3.05, 3.63) is 40.1 Å². The number of carboxylic acid groups (broad SMARTS) is 2. The van der Waals surface area contributed by atoms with Crippen LogP contribution in [0.4, 0.5) is 26.3 Å². The van der Waals surface area contributed by atoms with Gasteiger partial charge < -0.3 is 19.5 Å². The zero-order valence-electron chi connectivity index (χ0n) is 18.1. The molecule has 3 rings (SSSR count). The third-order valence-corrected chi connectivity index (χ3v) is 5.13. The van der Waals surface area contributed by atoms with Crippen molar-refractivity contribution in [2.24, 2.45) is 7.05 Å². The lowest BCUT2D eigenvalue weighted by Crippen LogP contribution is -2.35. The molecule has 0 amide bonds. The molecule has 1 unspecified atom stereocenters. The zero-order valence-corrected chi connectivity index (χ0v) is 18.9. The number of aryl methyl sites for hydroxylation is 1. The molecule has 0 spiro atoms. The van der Waals surface area contributed by atoms with Crippen LogP contribution in [0.3, 0.4) is 0 Å². The number of hydrogen-bond acceptors (Lipinski definition) is 6. The van der Waals surface area contributed by atoms with Crippen LogP contribution in [-0.2, 0) is 34.5 Å². The molecule has 15 heteroatoms. The first-order chi connectivity index (χ1) is 15.7. The maximum absolute atomic E-state index is 10.6. The van der Waals surface area contributed by atoms with Crippen LogP contribution in [0.25, 0.3) is 0 Å². The third kappa shape index (κ3) is 9.69. The monoisotopic (exact) mass is 519 g/mol. The molecule has 3 heterocycles. The maximum atomic E-state index is 10.6. The van der Waals surface area contributed by atoms with E-state index in [1.54, 1.807) is 0 Å². The van der Waals surface area contributed by atoms with E-state index in [1.807, 2.05) is 17.7 Å². The Bertz CT molecular complexity index is 891. The molecule has 0 fully saturated rings. The molecule has 1 aliphatic rings. The highest BCUT2D eigenvalue weighted by atomic mass is 32.1. The van der Waals surface area contributed by atoms with E-state index in [1.165, 1.54) is 16.3 Å². The molecule has 0 saturated heterocycles. The number of carboxylic acids is 2. The summed E-state index contributed by atoms with van der Waals surface area (Å²) in [6.07, 6.45) is -8.24. The van der Waals surface area contributed by atoms with E-state index in [0.717, 1.165) is 32.8 Å². The van der Waals surface area contributed by atoms with Crippen LogP contribution in [0.5, 0.6) is 0 Å². The lowest BCUT2D eigenvalue weighted by Gasteiger charge is -2.32. The van der Waals surface area contributed by atoms with Gasteiger partial charge in [-0.2, -0.15) is 26.3 Å². The number of aliphatic carboxylic acids is 2. The first-order valence-corrected chi connectivity index (χ1v) is 10.5. The molecule has 0 radical (unpaired) electrons. The highest BCUT2D eigenvalue weighted by molar-refractivity contribution is 7.09. The molecular weight excluding hydrogens is 496 g/mol. The first kappa shape index (κ1) is 29.4. The standard InChI is InChI=1S/C15H21N3OS.2C2HF3O2/c1-3-19-10-12-7-18(8-13-5-4-6-20-13)9-14-15(12)17(2)11-16-14;2*3-2(4,5)1(6)7/h4-6,11-12H,3,7-10H2,1-2H3;2*(H,6,7). The number of alkyl halides is 6. The molecule has 1 aliphatic heterocycles. The van der Waals surface area contributed by atoms with Gasteiger partial charge in [-0.05, 0) is 18.4 Å². The van der Waals surface area contributed by atoms with Gasteiger partial charge in [-0.3, -0.25) is 4.90 Å². The summed E-state index contributed by atoms with van der Waals surface area (Å²) < 4.78 is 71.3. The van der Waals surface area contributed by atoms with E-state index < -0.39 is 24.3 Å². The number of fused-ring (bicyclic) bond motifs is 1. The predicted molar refractivity (Wildman–Crippen MR) is 108 cm³/mol. The molecule has 1 atom stereocenters. The molecule has 0 aliphatic carbocycles. The van der Waals surface area contributed by atoms with Crippen molar-refractivity contribution in [1.82, 2.24) is 14.5 Å². The molecule has 0 saturated carbocycles. The van der Waals surface area contributed by atoms with Gasteiger partial charge in [0.2, 0.25) is 0 Å². The fourth-order valence-corrected chi connectivity index (χ4v) is 3.69. The van der Waals surface area contributed by atoms with Gasteiger partial charge in [0, 0.05) is 49.8 Å². The third-order valence-electron chi connectivity index (χ3n) is 4.27. The van der Waals surface area contributed by atoms with E-state index >= 15 is 0 Å². The highest BCUT2D eigenvalue weighted by Gasteiger charge is 2.38. The van der Waals surface area contributed by atoms with E-state index in [-0.39, 0.29) is 0 Å². The molecule has 0 bridgehead atoms. The van der Waals surface area contributed by atoms with E-state index in [2.05, 4.69) is 45.9 Å². The van der Waals surface area contributed by atoms with Crippen LogP contribution < -0.4 is 0 Å². The minimum atomic E-state index is -5.08. The Balaban J connectivity index is 0.000000343. The second-order valence-electron chi connectivity index (χ2n) is 6.90. The van der Waals surface area contributed by atoms with E-state index in [9.17, 15) is 26.3 Å². The number of thiophene rings is 1. The van der Waals surface area contributed by atoms with Gasteiger partial charge in [-0.15, -0.1) is 11.3 Å². The summed E-state index contributed by atoms with van der Waals surface area (Å²) in [5, 5.41) is 16.4. The number of rotatable bonds is 5. The van der Waals surface area contributed by atoms with Gasteiger partial charge in [-0.1, -0.05) is 6.07 Å². The lowest BCUT2D eigenvalue weighted by atomic mass is 9.99. The molecule has 8 nitrogen and oxygen atoms in total. The van der Waals surface area contributed by atoms with Crippen molar-refractivity contribution in [3.63, 3.8) is 0 Å². The van der Waals surface area contributed by atoms with Crippen LogP contribution in [0.1, 0.15) is 29.1 Å². The Kier molecular flexibility index (Phi) is 11.0. The van der Waals surface area contributed by atoms with Gasteiger partial charge in [0.1, 0.15) is 0 Å². The molecule has 2 aromatic heterocycles. The lowest BCUT2D eigenvalue weighted by molar-refractivity contribution is -0.193. The summed E-state index contributed by atoms with van der Waals surface area (Å²) in [6.45, 7) is 6.60. The molecule has 0 aromatic carbocycles. The van der Waals surface area contributed by atoms with Crippen molar-refractivity contribution in [2.75, 3.05) is 19.8 Å². The van der Waals surface area contributed by atoms with Crippen molar-refractivity contribution < 1.29 is 50.9 Å². The Hall–Kier alpha value is -2.65. The Morgan fingerprint density at radius 2 is 1.74 bits per heavy atom.